The molecule has 17 heavy (non-hydrogen) atoms. The molecule has 1 unspecified atom stereocenters. The van der Waals surface area contributed by atoms with E-state index in [4.69, 9.17) is 10.00 Å². The number of nitrogens with zero attached hydrogens (tertiary/aromatic N) is 2. The normalized spacial score (nSPS) is 28.4. The second kappa shape index (κ2) is 5.81. The molecular formula is C13H23N3O. The SMILES string of the molecule is CN1CCCC(CCNCC2(C#N)COC2)C1. The number of rotatable bonds is 5. The van der Waals surface area contributed by atoms with Gasteiger partial charge in [0.25, 0.3) is 0 Å². The summed E-state index contributed by atoms with van der Waals surface area (Å²) in [4.78, 5) is 2.42. The topological polar surface area (TPSA) is 48.3 Å². The summed E-state index contributed by atoms with van der Waals surface area (Å²) in [5.74, 6) is 0.830. The van der Waals surface area contributed by atoms with Gasteiger partial charge in [0.15, 0.2) is 0 Å². The van der Waals surface area contributed by atoms with Gasteiger partial charge in [-0.1, -0.05) is 0 Å². The fourth-order valence-electron chi connectivity index (χ4n) is 2.70. The molecule has 4 nitrogen and oxygen atoms in total. The van der Waals surface area contributed by atoms with Gasteiger partial charge in [-0.15, -0.1) is 0 Å². The highest BCUT2D eigenvalue weighted by atomic mass is 16.5. The zero-order valence-corrected chi connectivity index (χ0v) is 10.7. The second-order valence-corrected chi connectivity index (χ2v) is 5.62. The van der Waals surface area contributed by atoms with Crippen molar-refractivity contribution in [3.8, 4) is 6.07 Å². The third-order valence-corrected chi connectivity index (χ3v) is 3.91. The molecule has 0 aromatic rings. The maximum Gasteiger partial charge on any atom is 0.116 e. The largest absolute Gasteiger partial charge is 0.378 e. The van der Waals surface area contributed by atoms with Gasteiger partial charge in [0.2, 0.25) is 0 Å². The summed E-state index contributed by atoms with van der Waals surface area (Å²) < 4.78 is 5.12. The van der Waals surface area contributed by atoms with Crippen LogP contribution in [0.15, 0.2) is 0 Å². The molecule has 0 saturated carbocycles. The molecule has 2 aliphatic heterocycles. The van der Waals surface area contributed by atoms with Crippen LogP contribution in [0.5, 0.6) is 0 Å². The third-order valence-electron chi connectivity index (χ3n) is 3.91. The Balaban J connectivity index is 1.58. The van der Waals surface area contributed by atoms with E-state index < -0.39 is 0 Å². The molecule has 2 aliphatic rings. The van der Waals surface area contributed by atoms with Crippen molar-refractivity contribution in [2.24, 2.45) is 11.3 Å². The number of nitriles is 1. The molecule has 0 aromatic heterocycles. The van der Waals surface area contributed by atoms with Crippen molar-refractivity contribution < 1.29 is 4.74 Å². The summed E-state index contributed by atoms with van der Waals surface area (Å²) in [6.07, 6.45) is 3.92. The van der Waals surface area contributed by atoms with E-state index >= 15 is 0 Å². The van der Waals surface area contributed by atoms with E-state index in [1.165, 1.54) is 32.4 Å². The molecule has 0 radical (unpaired) electrons. The number of likely N-dealkylation sites (tertiary alicyclic amines) is 1. The Labute approximate surface area is 104 Å². The maximum atomic E-state index is 9.04. The summed E-state index contributed by atoms with van der Waals surface area (Å²) in [7, 11) is 2.20. The zero-order valence-electron chi connectivity index (χ0n) is 10.7. The van der Waals surface area contributed by atoms with Crippen LogP contribution < -0.4 is 5.32 Å². The second-order valence-electron chi connectivity index (χ2n) is 5.62. The Kier molecular flexibility index (Phi) is 4.38. The monoisotopic (exact) mass is 237 g/mol. The first-order valence-corrected chi connectivity index (χ1v) is 6.62. The van der Waals surface area contributed by atoms with Gasteiger partial charge in [-0.3, -0.25) is 0 Å². The number of nitrogens with one attached hydrogen (secondary N) is 1. The van der Waals surface area contributed by atoms with Crippen LogP contribution in [0.1, 0.15) is 19.3 Å². The minimum atomic E-state index is -0.233. The van der Waals surface area contributed by atoms with Crippen molar-refractivity contribution in [1.29, 1.82) is 5.26 Å². The molecule has 4 heteroatoms. The molecule has 96 valence electrons. The highest BCUT2D eigenvalue weighted by Crippen LogP contribution is 2.25. The van der Waals surface area contributed by atoms with Crippen molar-refractivity contribution in [1.82, 2.24) is 10.2 Å². The van der Waals surface area contributed by atoms with Gasteiger partial charge in [0, 0.05) is 13.1 Å². The Morgan fingerprint density at radius 3 is 2.94 bits per heavy atom. The average molecular weight is 237 g/mol. The highest BCUT2D eigenvalue weighted by Gasteiger charge is 2.38. The summed E-state index contributed by atoms with van der Waals surface area (Å²) in [6, 6.07) is 2.36. The van der Waals surface area contributed by atoms with Crippen molar-refractivity contribution >= 4 is 0 Å². The lowest BCUT2D eigenvalue weighted by molar-refractivity contribution is -0.0754. The molecule has 0 spiro atoms. The van der Waals surface area contributed by atoms with E-state index in [9.17, 15) is 0 Å². The maximum absolute atomic E-state index is 9.04. The molecule has 0 bridgehead atoms. The highest BCUT2D eigenvalue weighted by molar-refractivity contribution is 5.05. The molecule has 0 aliphatic carbocycles. The standard InChI is InChI=1S/C13H23N3O/c1-16-6-2-3-12(7-16)4-5-15-9-13(8-14)10-17-11-13/h12,15H,2-7,9-11H2,1H3. The zero-order chi connectivity index (χ0) is 12.1. The smallest absolute Gasteiger partial charge is 0.116 e. The Hall–Kier alpha value is -0.630. The Bertz CT molecular complexity index is 283. The number of hydrogen-bond acceptors (Lipinski definition) is 4. The molecule has 1 atom stereocenters. The molecule has 2 fully saturated rings. The van der Waals surface area contributed by atoms with Crippen LogP contribution >= 0.6 is 0 Å². The Morgan fingerprint density at radius 2 is 2.35 bits per heavy atom. The van der Waals surface area contributed by atoms with E-state index in [0.29, 0.717) is 13.2 Å². The number of ether oxygens (including phenoxy) is 1. The molecule has 2 heterocycles. The van der Waals surface area contributed by atoms with Gasteiger partial charge >= 0.3 is 0 Å². The Morgan fingerprint density at radius 1 is 1.53 bits per heavy atom. The molecule has 0 amide bonds. The van der Waals surface area contributed by atoms with Crippen molar-refractivity contribution in [2.75, 3.05) is 46.4 Å². The first kappa shape index (κ1) is 12.8. The van der Waals surface area contributed by atoms with E-state index in [1.807, 2.05) is 0 Å². The van der Waals surface area contributed by atoms with Crippen molar-refractivity contribution in [3.05, 3.63) is 0 Å². The summed E-state index contributed by atoms with van der Waals surface area (Å²) in [5, 5.41) is 12.5. The van der Waals surface area contributed by atoms with E-state index in [2.05, 4.69) is 23.3 Å². The molecule has 2 saturated heterocycles. The van der Waals surface area contributed by atoms with Crippen LogP contribution in [0, 0.1) is 22.7 Å². The van der Waals surface area contributed by atoms with E-state index in [1.54, 1.807) is 0 Å². The molecule has 0 aromatic carbocycles. The molecule has 1 N–H and O–H groups in total. The first-order valence-electron chi connectivity index (χ1n) is 6.62. The van der Waals surface area contributed by atoms with Crippen LogP contribution in [0.4, 0.5) is 0 Å². The number of hydrogen-bond donors (Lipinski definition) is 1. The van der Waals surface area contributed by atoms with E-state index in [-0.39, 0.29) is 5.41 Å². The number of piperidine rings is 1. The van der Waals surface area contributed by atoms with E-state index in [0.717, 1.165) is 19.0 Å². The minimum Gasteiger partial charge on any atom is -0.378 e. The van der Waals surface area contributed by atoms with Crippen molar-refractivity contribution in [3.63, 3.8) is 0 Å². The summed E-state index contributed by atoms with van der Waals surface area (Å²) in [5.41, 5.74) is -0.233. The average Bonchev–Trinajstić information content (AvgIpc) is 2.27. The van der Waals surface area contributed by atoms with Crippen LogP contribution in [0.25, 0.3) is 0 Å². The fraction of sp³-hybridized carbons (Fsp3) is 0.923. The third kappa shape index (κ3) is 3.41. The fourth-order valence-corrected chi connectivity index (χ4v) is 2.70. The molecule has 2 rings (SSSR count). The first-order chi connectivity index (χ1) is 8.24. The summed E-state index contributed by atoms with van der Waals surface area (Å²) in [6.45, 7) is 5.49. The lowest BCUT2D eigenvalue weighted by atomic mass is 9.87. The van der Waals surface area contributed by atoms with Crippen molar-refractivity contribution in [2.45, 2.75) is 19.3 Å². The van der Waals surface area contributed by atoms with Gasteiger partial charge in [-0.2, -0.15) is 5.26 Å². The van der Waals surface area contributed by atoms with Crippen LogP contribution in [0.3, 0.4) is 0 Å². The molecular weight excluding hydrogens is 214 g/mol. The lowest BCUT2D eigenvalue weighted by Crippen LogP contribution is -2.49. The quantitative estimate of drug-likeness (QED) is 0.720. The van der Waals surface area contributed by atoms with Gasteiger partial charge in [-0.05, 0) is 45.3 Å². The van der Waals surface area contributed by atoms with Crippen LogP contribution in [0.2, 0.25) is 0 Å². The van der Waals surface area contributed by atoms with Crippen LogP contribution in [-0.4, -0.2) is 51.3 Å². The van der Waals surface area contributed by atoms with Gasteiger partial charge in [0.1, 0.15) is 5.41 Å². The summed E-state index contributed by atoms with van der Waals surface area (Å²) >= 11 is 0. The predicted molar refractivity (Wildman–Crippen MR) is 66.6 cm³/mol. The minimum absolute atomic E-state index is 0.233. The lowest BCUT2D eigenvalue weighted by Gasteiger charge is -2.35. The van der Waals surface area contributed by atoms with Crippen LogP contribution in [-0.2, 0) is 4.74 Å². The van der Waals surface area contributed by atoms with Gasteiger partial charge in [0.05, 0.1) is 19.3 Å². The predicted octanol–water partition coefficient (Wildman–Crippen LogP) is 0.848. The van der Waals surface area contributed by atoms with Gasteiger partial charge < -0.3 is 15.0 Å². The van der Waals surface area contributed by atoms with Gasteiger partial charge in [-0.25, -0.2) is 0 Å².